The minimum atomic E-state index is -0.742. The van der Waals surface area contributed by atoms with Crippen LogP contribution >= 0.6 is 23.1 Å². The van der Waals surface area contributed by atoms with Gasteiger partial charge in [0.25, 0.3) is 5.91 Å². The van der Waals surface area contributed by atoms with Crippen molar-refractivity contribution in [2.75, 3.05) is 6.61 Å². The molecular formula is C17H18N2O5S2. The molecule has 26 heavy (non-hydrogen) atoms. The molecule has 3 rings (SSSR count). The number of hydrogen-bond acceptors (Lipinski definition) is 8. The molecule has 1 amide bonds. The van der Waals surface area contributed by atoms with E-state index in [9.17, 15) is 14.7 Å². The third kappa shape index (κ3) is 4.61. The standard InChI is InChI=1S/C17H18N2O5S2/c1-9-2-4-10(5-3-9)16(22)23-7-13-12(20)6-14(24-13)26-17-19-11(8-25-17)15(18)21/h2-5,8,12-14,20H,6-7H2,1H3,(H2,18,21)/t12-,13+,14-/m0/s1. The Morgan fingerprint density at radius 2 is 2.15 bits per heavy atom. The zero-order chi connectivity index (χ0) is 18.7. The molecular weight excluding hydrogens is 376 g/mol. The summed E-state index contributed by atoms with van der Waals surface area (Å²) in [6.07, 6.45) is -0.963. The molecule has 0 bridgehead atoms. The Morgan fingerprint density at radius 3 is 2.81 bits per heavy atom. The summed E-state index contributed by atoms with van der Waals surface area (Å²) in [7, 11) is 0. The van der Waals surface area contributed by atoms with E-state index in [0.717, 1.165) is 5.56 Å². The van der Waals surface area contributed by atoms with E-state index in [2.05, 4.69) is 4.98 Å². The van der Waals surface area contributed by atoms with Crippen LogP contribution < -0.4 is 5.73 Å². The first-order chi connectivity index (χ1) is 12.4. The number of thioether (sulfide) groups is 1. The average Bonchev–Trinajstić information content (AvgIpc) is 3.20. The number of aliphatic hydroxyl groups excluding tert-OH is 1. The van der Waals surface area contributed by atoms with Gasteiger partial charge in [-0.3, -0.25) is 4.79 Å². The number of primary amides is 1. The summed E-state index contributed by atoms with van der Waals surface area (Å²) in [5.74, 6) is -1.04. The predicted octanol–water partition coefficient (Wildman–Crippen LogP) is 1.98. The van der Waals surface area contributed by atoms with Crippen LogP contribution in [0.4, 0.5) is 0 Å². The van der Waals surface area contributed by atoms with Gasteiger partial charge >= 0.3 is 5.97 Å². The number of esters is 1. The smallest absolute Gasteiger partial charge is 0.338 e. The third-order valence-corrected chi connectivity index (χ3v) is 5.89. The zero-order valence-electron chi connectivity index (χ0n) is 14.0. The number of carbonyl (C=O) groups excluding carboxylic acids is 2. The number of nitrogens with two attached hydrogens (primary N) is 1. The molecule has 1 saturated heterocycles. The van der Waals surface area contributed by atoms with Gasteiger partial charge in [0.2, 0.25) is 0 Å². The minimum absolute atomic E-state index is 0.0324. The number of carbonyl (C=O) groups is 2. The highest BCUT2D eigenvalue weighted by atomic mass is 32.2. The highest BCUT2D eigenvalue weighted by Gasteiger charge is 2.36. The maximum absolute atomic E-state index is 12.0. The van der Waals surface area contributed by atoms with E-state index < -0.39 is 24.1 Å². The second-order valence-electron chi connectivity index (χ2n) is 5.85. The monoisotopic (exact) mass is 394 g/mol. The highest BCUT2D eigenvalue weighted by molar-refractivity contribution is 8.01. The lowest BCUT2D eigenvalue weighted by atomic mass is 10.1. The van der Waals surface area contributed by atoms with Crippen LogP contribution in [0, 0.1) is 6.92 Å². The van der Waals surface area contributed by atoms with E-state index in [0.29, 0.717) is 16.3 Å². The maximum atomic E-state index is 12.0. The molecule has 9 heteroatoms. The summed E-state index contributed by atoms with van der Waals surface area (Å²) < 4.78 is 11.6. The number of thiazole rings is 1. The molecule has 0 unspecified atom stereocenters. The van der Waals surface area contributed by atoms with E-state index in [1.54, 1.807) is 17.5 Å². The number of nitrogens with zero attached hydrogens (tertiary/aromatic N) is 1. The number of rotatable bonds is 6. The average molecular weight is 394 g/mol. The maximum Gasteiger partial charge on any atom is 0.338 e. The first kappa shape index (κ1) is 18.8. The Kier molecular flexibility index (Phi) is 5.92. The van der Waals surface area contributed by atoms with Crippen LogP contribution in [0.25, 0.3) is 0 Å². The fraction of sp³-hybridized carbons (Fsp3) is 0.353. The molecule has 1 aromatic carbocycles. The van der Waals surface area contributed by atoms with Crippen molar-refractivity contribution in [2.24, 2.45) is 5.73 Å². The van der Waals surface area contributed by atoms with E-state index >= 15 is 0 Å². The number of aliphatic hydroxyl groups is 1. The first-order valence-corrected chi connectivity index (χ1v) is 9.67. The lowest BCUT2D eigenvalue weighted by Gasteiger charge is -2.14. The number of ether oxygens (including phenoxy) is 2. The lowest BCUT2D eigenvalue weighted by molar-refractivity contribution is -0.0190. The molecule has 1 aliphatic heterocycles. The molecule has 0 aliphatic carbocycles. The molecule has 2 aromatic rings. The van der Waals surface area contributed by atoms with Crippen molar-refractivity contribution in [1.29, 1.82) is 0 Å². The van der Waals surface area contributed by atoms with Crippen molar-refractivity contribution >= 4 is 35.0 Å². The summed E-state index contributed by atoms with van der Waals surface area (Å²) in [4.78, 5) is 27.2. The van der Waals surface area contributed by atoms with Gasteiger partial charge in [-0.1, -0.05) is 29.5 Å². The van der Waals surface area contributed by atoms with E-state index in [-0.39, 0.29) is 17.7 Å². The van der Waals surface area contributed by atoms with Gasteiger partial charge in [-0.15, -0.1) is 11.3 Å². The molecule has 138 valence electrons. The number of aromatic nitrogens is 1. The number of hydrogen-bond donors (Lipinski definition) is 2. The van der Waals surface area contributed by atoms with Gasteiger partial charge < -0.3 is 20.3 Å². The van der Waals surface area contributed by atoms with Crippen LogP contribution in [0.1, 0.15) is 32.8 Å². The molecule has 3 atom stereocenters. The van der Waals surface area contributed by atoms with Crippen molar-refractivity contribution < 1.29 is 24.2 Å². The third-order valence-electron chi connectivity index (χ3n) is 3.82. The fourth-order valence-electron chi connectivity index (χ4n) is 2.38. The van der Waals surface area contributed by atoms with E-state index in [1.807, 2.05) is 19.1 Å². The number of amides is 1. The van der Waals surface area contributed by atoms with Crippen LogP contribution in [-0.4, -0.2) is 46.2 Å². The second-order valence-corrected chi connectivity index (χ2v) is 8.12. The van der Waals surface area contributed by atoms with Gasteiger partial charge in [-0.2, -0.15) is 0 Å². The SMILES string of the molecule is Cc1ccc(C(=O)OC[C@H]2O[C@@H](Sc3nc(C(N)=O)cs3)C[C@@H]2O)cc1. The number of aryl methyl sites for hydroxylation is 1. The van der Waals surface area contributed by atoms with Gasteiger partial charge in [0.1, 0.15) is 23.8 Å². The minimum Gasteiger partial charge on any atom is -0.459 e. The molecule has 1 aliphatic rings. The predicted molar refractivity (Wildman–Crippen MR) is 97.2 cm³/mol. The number of benzene rings is 1. The lowest BCUT2D eigenvalue weighted by Crippen LogP contribution is -2.28. The van der Waals surface area contributed by atoms with Gasteiger partial charge in [0.15, 0.2) is 4.34 Å². The fourth-order valence-corrected chi connectivity index (χ4v) is 4.47. The van der Waals surface area contributed by atoms with Crippen LogP contribution in [0.2, 0.25) is 0 Å². The van der Waals surface area contributed by atoms with Crippen molar-refractivity contribution in [3.63, 3.8) is 0 Å². The van der Waals surface area contributed by atoms with Crippen LogP contribution in [0.3, 0.4) is 0 Å². The molecule has 1 aromatic heterocycles. The molecule has 1 fully saturated rings. The van der Waals surface area contributed by atoms with Gasteiger partial charge in [-0.05, 0) is 19.1 Å². The van der Waals surface area contributed by atoms with Crippen molar-refractivity contribution in [2.45, 2.75) is 35.3 Å². The van der Waals surface area contributed by atoms with Crippen LogP contribution in [0.5, 0.6) is 0 Å². The van der Waals surface area contributed by atoms with E-state index in [4.69, 9.17) is 15.2 Å². The summed E-state index contributed by atoms with van der Waals surface area (Å²) >= 11 is 2.59. The highest BCUT2D eigenvalue weighted by Crippen LogP contribution is 2.35. The van der Waals surface area contributed by atoms with E-state index in [1.165, 1.54) is 23.1 Å². The van der Waals surface area contributed by atoms with Crippen LogP contribution in [-0.2, 0) is 9.47 Å². The van der Waals surface area contributed by atoms with Gasteiger partial charge in [0, 0.05) is 11.8 Å². The molecule has 7 nitrogen and oxygen atoms in total. The van der Waals surface area contributed by atoms with Gasteiger partial charge in [-0.25, -0.2) is 9.78 Å². The topological polar surface area (TPSA) is 112 Å². The quantitative estimate of drug-likeness (QED) is 0.721. The molecule has 0 spiro atoms. The normalized spacial score (nSPS) is 22.3. The van der Waals surface area contributed by atoms with Crippen molar-refractivity contribution in [3.8, 4) is 0 Å². The summed E-state index contributed by atoms with van der Waals surface area (Å²) in [6.45, 7) is 1.90. The van der Waals surface area contributed by atoms with Crippen LogP contribution in [0.15, 0.2) is 34.0 Å². The molecule has 0 radical (unpaired) electrons. The molecule has 0 saturated carbocycles. The molecule has 3 N–H and O–H groups in total. The Bertz CT molecular complexity index is 793. The first-order valence-electron chi connectivity index (χ1n) is 7.91. The van der Waals surface area contributed by atoms with Crippen molar-refractivity contribution in [1.82, 2.24) is 4.98 Å². The second kappa shape index (κ2) is 8.17. The van der Waals surface area contributed by atoms with Gasteiger partial charge in [0.05, 0.1) is 11.7 Å². The zero-order valence-corrected chi connectivity index (χ0v) is 15.6. The summed E-state index contributed by atoms with van der Waals surface area (Å²) in [5.41, 5.74) is 6.56. The Morgan fingerprint density at radius 1 is 1.42 bits per heavy atom. The largest absolute Gasteiger partial charge is 0.459 e. The Balaban J connectivity index is 1.51. The summed E-state index contributed by atoms with van der Waals surface area (Å²) in [5, 5.41) is 11.7. The Labute approximate surface area is 158 Å². The Hall–Kier alpha value is -1.94. The molecule has 2 heterocycles. The summed E-state index contributed by atoms with van der Waals surface area (Å²) in [6, 6.07) is 7.05. The van der Waals surface area contributed by atoms with Crippen molar-refractivity contribution in [3.05, 3.63) is 46.5 Å².